The summed E-state index contributed by atoms with van der Waals surface area (Å²) in [5.74, 6) is 1.42. The molecule has 0 aliphatic carbocycles. The van der Waals surface area contributed by atoms with Crippen molar-refractivity contribution in [2.45, 2.75) is 6.18 Å². The molecule has 0 atom stereocenters. The number of halogens is 3. The summed E-state index contributed by atoms with van der Waals surface area (Å²) in [7, 11) is 3.80. The standard InChI is InChI=1S/C18H19F3N6/c1-25(2)16-5-6-23-17(24-16)27-9-7-26(8-10-27)15-4-3-14(18(19,20)21)11-13(15)12-22/h3-6,11H,7-10H2,1-2H3. The van der Waals surface area contributed by atoms with Crippen LogP contribution in [0, 0.1) is 11.3 Å². The summed E-state index contributed by atoms with van der Waals surface area (Å²) in [6.45, 7) is 2.36. The molecule has 1 saturated heterocycles. The first-order valence-corrected chi connectivity index (χ1v) is 8.41. The molecule has 0 spiro atoms. The van der Waals surface area contributed by atoms with Gasteiger partial charge in [-0.15, -0.1) is 0 Å². The van der Waals surface area contributed by atoms with Crippen molar-refractivity contribution in [1.29, 1.82) is 5.26 Å². The van der Waals surface area contributed by atoms with Gasteiger partial charge < -0.3 is 14.7 Å². The van der Waals surface area contributed by atoms with E-state index in [0.29, 0.717) is 37.8 Å². The zero-order chi connectivity index (χ0) is 19.6. The van der Waals surface area contributed by atoms with Gasteiger partial charge >= 0.3 is 6.18 Å². The first-order valence-electron chi connectivity index (χ1n) is 8.41. The van der Waals surface area contributed by atoms with E-state index in [1.54, 1.807) is 6.20 Å². The van der Waals surface area contributed by atoms with Gasteiger partial charge in [-0.1, -0.05) is 0 Å². The molecule has 9 heteroatoms. The number of nitrogens with zero attached hydrogens (tertiary/aromatic N) is 6. The summed E-state index contributed by atoms with van der Waals surface area (Å²) >= 11 is 0. The molecule has 0 saturated carbocycles. The van der Waals surface area contributed by atoms with Gasteiger partial charge in [0.1, 0.15) is 11.9 Å². The zero-order valence-corrected chi connectivity index (χ0v) is 15.0. The van der Waals surface area contributed by atoms with Crippen molar-refractivity contribution in [2.24, 2.45) is 0 Å². The fraction of sp³-hybridized carbons (Fsp3) is 0.389. The molecule has 0 N–H and O–H groups in total. The molecular weight excluding hydrogens is 357 g/mol. The molecule has 1 aromatic carbocycles. The number of aromatic nitrogens is 2. The highest BCUT2D eigenvalue weighted by Crippen LogP contribution is 2.33. The maximum absolute atomic E-state index is 12.9. The number of anilines is 3. The fourth-order valence-corrected chi connectivity index (χ4v) is 2.97. The van der Waals surface area contributed by atoms with Crippen LogP contribution in [0.5, 0.6) is 0 Å². The van der Waals surface area contributed by atoms with Crippen LogP contribution in [0.15, 0.2) is 30.5 Å². The molecule has 0 amide bonds. The SMILES string of the molecule is CN(C)c1ccnc(N2CCN(c3ccc(C(F)(F)F)cc3C#N)CC2)n1. The van der Waals surface area contributed by atoms with Crippen molar-refractivity contribution in [3.8, 4) is 6.07 Å². The van der Waals surface area contributed by atoms with Crippen molar-refractivity contribution in [1.82, 2.24) is 9.97 Å². The van der Waals surface area contributed by atoms with Crippen LogP contribution < -0.4 is 14.7 Å². The van der Waals surface area contributed by atoms with E-state index in [9.17, 15) is 18.4 Å². The summed E-state index contributed by atoms with van der Waals surface area (Å²) in [4.78, 5) is 14.7. The van der Waals surface area contributed by atoms with Gasteiger partial charge in [0.2, 0.25) is 5.95 Å². The highest BCUT2D eigenvalue weighted by molar-refractivity contribution is 5.61. The van der Waals surface area contributed by atoms with Gasteiger partial charge in [-0.3, -0.25) is 0 Å². The number of nitriles is 1. The second kappa shape index (κ2) is 7.31. The number of piperazine rings is 1. The molecule has 0 radical (unpaired) electrons. The van der Waals surface area contributed by atoms with Crippen LogP contribution in [0.1, 0.15) is 11.1 Å². The highest BCUT2D eigenvalue weighted by atomic mass is 19.4. The summed E-state index contributed by atoms with van der Waals surface area (Å²) in [6.07, 6.45) is -2.76. The van der Waals surface area contributed by atoms with Crippen molar-refractivity contribution in [3.63, 3.8) is 0 Å². The molecule has 142 valence electrons. The third-order valence-corrected chi connectivity index (χ3v) is 4.43. The minimum absolute atomic E-state index is 0.0316. The van der Waals surface area contributed by atoms with Crippen LogP contribution in [-0.2, 0) is 6.18 Å². The largest absolute Gasteiger partial charge is 0.416 e. The average molecular weight is 376 g/mol. The van der Waals surface area contributed by atoms with Crippen LogP contribution in [0.3, 0.4) is 0 Å². The molecule has 3 rings (SSSR count). The van der Waals surface area contributed by atoms with Crippen LogP contribution in [0.25, 0.3) is 0 Å². The van der Waals surface area contributed by atoms with Gasteiger partial charge in [0.15, 0.2) is 0 Å². The number of rotatable bonds is 3. The fourth-order valence-electron chi connectivity index (χ4n) is 2.97. The predicted molar refractivity (Wildman–Crippen MR) is 96.9 cm³/mol. The Labute approximate surface area is 155 Å². The van der Waals surface area contributed by atoms with Crippen LogP contribution in [0.4, 0.5) is 30.6 Å². The molecule has 1 fully saturated rings. The summed E-state index contributed by atoms with van der Waals surface area (Å²) in [5.41, 5.74) is -0.257. The first kappa shape index (κ1) is 18.8. The van der Waals surface area contributed by atoms with E-state index in [1.165, 1.54) is 6.07 Å². The third-order valence-electron chi connectivity index (χ3n) is 4.43. The minimum Gasteiger partial charge on any atom is -0.367 e. The van der Waals surface area contributed by atoms with Gasteiger partial charge in [-0.2, -0.15) is 23.4 Å². The first-order chi connectivity index (χ1) is 12.8. The number of hydrogen-bond acceptors (Lipinski definition) is 6. The lowest BCUT2D eigenvalue weighted by molar-refractivity contribution is -0.137. The van der Waals surface area contributed by atoms with Gasteiger partial charge in [-0.25, -0.2) is 4.98 Å². The third kappa shape index (κ3) is 4.05. The van der Waals surface area contributed by atoms with Crippen LogP contribution in [-0.4, -0.2) is 50.2 Å². The molecule has 0 bridgehead atoms. The summed E-state index contributed by atoms with van der Waals surface area (Å²) < 4.78 is 38.6. The van der Waals surface area contributed by atoms with E-state index in [-0.39, 0.29) is 5.56 Å². The molecular formula is C18H19F3N6. The van der Waals surface area contributed by atoms with Crippen LogP contribution in [0.2, 0.25) is 0 Å². The number of hydrogen-bond donors (Lipinski definition) is 0. The van der Waals surface area contributed by atoms with E-state index in [2.05, 4.69) is 9.97 Å². The van der Waals surface area contributed by atoms with Gasteiger partial charge in [0.05, 0.1) is 16.8 Å². The topological polar surface area (TPSA) is 59.3 Å². The molecule has 2 heterocycles. The Morgan fingerprint density at radius 1 is 1.07 bits per heavy atom. The number of benzene rings is 1. The van der Waals surface area contributed by atoms with Gasteiger partial charge in [-0.05, 0) is 24.3 Å². The Morgan fingerprint density at radius 2 is 1.74 bits per heavy atom. The lowest BCUT2D eigenvalue weighted by Gasteiger charge is -2.36. The molecule has 1 aliphatic rings. The number of alkyl halides is 3. The predicted octanol–water partition coefficient (Wildman–Crippen LogP) is 2.76. The summed E-state index contributed by atoms with van der Waals surface area (Å²) in [5, 5.41) is 9.27. The second-order valence-corrected chi connectivity index (χ2v) is 6.42. The second-order valence-electron chi connectivity index (χ2n) is 6.42. The molecule has 1 aromatic heterocycles. The monoisotopic (exact) mass is 376 g/mol. The van der Waals surface area contributed by atoms with E-state index in [4.69, 9.17) is 0 Å². The van der Waals surface area contributed by atoms with E-state index in [1.807, 2.05) is 40.9 Å². The average Bonchev–Trinajstić information content (AvgIpc) is 2.67. The zero-order valence-electron chi connectivity index (χ0n) is 15.0. The van der Waals surface area contributed by atoms with Crippen molar-refractivity contribution >= 4 is 17.5 Å². The lowest BCUT2D eigenvalue weighted by atomic mass is 10.1. The van der Waals surface area contributed by atoms with Gasteiger partial charge in [0.25, 0.3) is 0 Å². The van der Waals surface area contributed by atoms with Gasteiger partial charge in [0, 0.05) is 46.5 Å². The van der Waals surface area contributed by atoms with Crippen molar-refractivity contribution < 1.29 is 13.2 Å². The van der Waals surface area contributed by atoms with Crippen molar-refractivity contribution in [3.05, 3.63) is 41.6 Å². The maximum Gasteiger partial charge on any atom is 0.416 e. The highest BCUT2D eigenvalue weighted by Gasteiger charge is 2.32. The van der Waals surface area contributed by atoms with Crippen molar-refractivity contribution in [2.75, 3.05) is 55.0 Å². The van der Waals surface area contributed by atoms with E-state index >= 15 is 0 Å². The Kier molecular flexibility index (Phi) is 5.08. The molecule has 0 unspecified atom stereocenters. The summed E-state index contributed by atoms with van der Waals surface area (Å²) in [6, 6.07) is 7.01. The maximum atomic E-state index is 12.9. The normalized spacial score (nSPS) is 14.8. The minimum atomic E-state index is -4.46. The lowest BCUT2D eigenvalue weighted by Crippen LogP contribution is -2.47. The molecule has 6 nitrogen and oxygen atoms in total. The Bertz CT molecular complexity index is 851. The Morgan fingerprint density at radius 3 is 2.33 bits per heavy atom. The molecule has 1 aliphatic heterocycles. The van der Waals surface area contributed by atoms with Crippen LogP contribution >= 0.6 is 0 Å². The molecule has 2 aromatic rings. The van der Waals surface area contributed by atoms with E-state index < -0.39 is 11.7 Å². The van der Waals surface area contributed by atoms with E-state index in [0.717, 1.165) is 18.0 Å². The quantitative estimate of drug-likeness (QED) is 0.821. The smallest absolute Gasteiger partial charge is 0.367 e. The Hall–Kier alpha value is -3.02. The molecule has 27 heavy (non-hydrogen) atoms. The Balaban J connectivity index is 1.74.